The molecule has 2 N–H and O–H groups in total. The summed E-state index contributed by atoms with van der Waals surface area (Å²) in [6, 6.07) is 14.6. The number of rotatable bonds is 10. The van der Waals surface area contributed by atoms with Crippen LogP contribution in [0.3, 0.4) is 0 Å². The molecule has 0 saturated heterocycles. The SMILES string of the molecule is CC(C)NS(=O)(=O)Cc1ccc(CNC(=O)CS(=O)(=O)Cc2ccc(C#N)cc2)cc1. The number of amides is 1. The number of carbonyl (C=O) groups excluding carboxylic acids is 1. The number of benzene rings is 2. The Kier molecular flexibility index (Phi) is 8.33. The smallest absolute Gasteiger partial charge is 0.235 e. The molecule has 2 aromatic carbocycles. The zero-order valence-corrected chi connectivity index (χ0v) is 19.0. The van der Waals surface area contributed by atoms with E-state index in [0.717, 1.165) is 5.56 Å². The molecular formula is C21H25N3O5S2. The Morgan fingerprint density at radius 2 is 1.42 bits per heavy atom. The molecule has 0 fully saturated rings. The van der Waals surface area contributed by atoms with E-state index in [2.05, 4.69) is 10.0 Å². The lowest BCUT2D eigenvalue weighted by Gasteiger charge is -2.10. The van der Waals surface area contributed by atoms with Crippen molar-refractivity contribution < 1.29 is 21.6 Å². The highest BCUT2D eigenvalue weighted by molar-refractivity contribution is 7.91. The van der Waals surface area contributed by atoms with E-state index in [1.165, 1.54) is 12.1 Å². The molecule has 0 saturated carbocycles. The normalized spacial score (nSPS) is 11.8. The summed E-state index contributed by atoms with van der Waals surface area (Å²) in [6.45, 7) is 3.62. The third kappa shape index (κ3) is 8.88. The van der Waals surface area contributed by atoms with Gasteiger partial charge in [-0.1, -0.05) is 36.4 Å². The van der Waals surface area contributed by atoms with Crippen LogP contribution >= 0.6 is 0 Å². The quantitative estimate of drug-likeness (QED) is 0.550. The van der Waals surface area contributed by atoms with Crippen molar-refractivity contribution in [2.24, 2.45) is 0 Å². The molecule has 0 atom stereocenters. The molecule has 0 aliphatic rings. The predicted molar refractivity (Wildman–Crippen MR) is 118 cm³/mol. The largest absolute Gasteiger partial charge is 0.351 e. The first-order valence-electron chi connectivity index (χ1n) is 9.52. The molecule has 0 bridgehead atoms. The minimum Gasteiger partial charge on any atom is -0.351 e. The topological polar surface area (TPSA) is 133 Å². The number of carbonyl (C=O) groups is 1. The predicted octanol–water partition coefficient (Wildman–Crippen LogP) is 1.62. The van der Waals surface area contributed by atoms with Crippen LogP contribution in [-0.4, -0.2) is 34.5 Å². The van der Waals surface area contributed by atoms with E-state index in [4.69, 9.17) is 5.26 Å². The fraction of sp³-hybridized carbons (Fsp3) is 0.333. The summed E-state index contributed by atoms with van der Waals surface area (Å²) in [5.74, 6) is -1.71. The van der Waals surface area contributed by atoms with Gasteiger partial charge >= 0.3 is 0 Å². The van der Waals surface area contributed by atoms with E-state index in [-0.39, 0.29) is 24.1 Å². The van der Waals surface area contributed by atoms with Gasteiger partial charge in [0, 0.05) is 12.6 Å². The second kappa shape index (κ2) is 10.5. The van der Waals surface area contributed by atoms with Crippen LogP contribution in [0.5, 0.6) is 0 Å². The van der Waals surface area contributed by atoms with Crippen molar-refractivity contribution in [1.82, 2.24) is 10.0 Å². The Morgan fingerprint density at radius 3 is 1.97 bits per heavy atom. The van der Waals surface area contributed by atoms with Gasteiger partial charge in [-0.3, -0.25) is 4.79 Å². The Bertz CT molecular complexity index is 1150. The summed E-state index contributed by atoms with van der Waals surface area (Å²) >= 11 is 0. The van der Waals surface area contributed by atoms with Crippen molar-refractivity contribution in [3.8, 4) is 6.07 Å². The fourth-order valence-corrected chi connectivity index (χ4v) is 5.54. The van der Waals surface area contributed by atoms with Crippen molar-refractivity contribution in [2.45, 2.75) is 37.9 Å². The van der Waals surface area contributed by atoms with Crippen LogP contribution in [0.4, 0.5) is 0 Å². The Balaban J connectivity index is 1.86. The summed E-state index contributed by atoms with van der Waals surface area (Å²) in [5, 5.41) is 11.3. The van der Waals surface area contributed by atoms with E-state index in [1.807, 2.05) is 6.07 Å². The van der Waals surface area contributed by atoms with E-state index in [0.29, 0.717) is 16.7 Å². The second-order valence-corrected chi connectivity index (χ2v) is 11.3. The molecule has 0 aromatic heterocycles. The van der Waals surface area contributed by atoms with E-state index in [9.17, 15) is 21.6 Å². The first kappa shape index (κ1) is 24.5. The molecule has 10 heteroatoms. The van der Waals surface area contributed by atoms with Crippen molar-refractivity contribution in [1.29, 1.82) is 5.26 Å². The van der Waals surface area contributed by atoms with Gasteiger partial charge in [0.1, 0.15) is 5.75 Å². The molecule has 8 nitrogen and oxygen atoms in total. The molecule has 31 heavy (non-hydrogen) atoms. The highest BCUT2D eigenvalue weighted by Crippen LogP contribution is 2.10. The van der Waals surface area contributed by atoms with Gasteiger partial charge in [-0.05, 0) is 42.7 Å². The highest BCUT2D eigenvalue weighted by Gasteiger charge is 2.17. The number of hydrogen-bond donors (Lipinski definition) is 2. The molecule has 0 aliphatic heterocycles. The van der Waals surface area contributed by atoms with E-state index >= 15 is 0 Å². The molecule has 0 spiro atoms. The zero-order chi connectivity index (χ0) is 23.1. The standard InChI is InChI=1S/C21H25N3O5S2/c1-16(2)24-31(28,29)14-20-9-5-18(6-10-20)12-23-21(25)15-30(26,27)13-19-7-3-17(11-22)4-8-19/h3-10,16,24H,12-15H2,1-2H3,(H,23,25). The Morgan fingerprint density at radius 1 is 0.903 bits per heavy atom. The Hall–Kier alpha value is -2.74. The molecule has 2 rings (SSSR count). The number of nitrogens with zero attached hydrogens (tertiary/aromatic N) is 1. The van der Waals surface area contributed by atoms with Crippen molar-refractivity contribution in [3.63, 3.8) is 0 Å². The molecule has 166 valence electrons. The summed E-state index contributed by atoms with van der Waals surface area (Å²) in [4.78, 5) is 12.1. The van der Waals surface area contributed by atoms with Crippen LogP contribution in [0.1, 0.15) is 36.1 Å². The molecule has 0 unspecified atom stereocenters. The van der Waals surface area contributed by atoms with Gasteiger partial charge in [0.25, 0.3) is 0 Å². The third-order valence-electron chi connectivity index (χ3n) is 4.11. The average Bonchev–Trinajstić information content (AvgIpc) is 2.66. The first-order valence-corrected chi connectivity index (χ1v) is 13.0. The lowest BCUT2D eigenvalue weighted by molar-refractivity contribution is -0.118. The van der Waals surface area contributed by atoms with Gasteiger partial charge in [-0.15, -0.1) is 0 Å². The van der Waals surface area contributed by atoms with Gasteiger partial charge in [0.2, 0.25) is 15.9 Å². The third-order valence-corrected chi connectivity index (χ3v) is 7.12. The van der Waals surface area contributed by atoms with Crippen LogP contribution in [0.2, 0.25) is 0 Å². The molecular weight excluding hydrogens is 438 g/mol. The first-order chi connectivity index (χ1) is 14.5. The van der Waals surface area contributed by atoms with Crippen LogP contribution in [0.25, 0.3) is 0 Å². The van der Waals surface area contributed by atoms with Crippen molar-refractivity contribution >= 4 is 25.8 Å². The van der Waals surface area contributed by atoms with Gasteiger partial charge in [0.15, 0.2) is 9.84 Å². The summed E-state index contributed by atoms with van der Waals surface area (Å²) in [7, 11) is -7.09. The van der Waals surface area contributed by atoms with E-state index in [1.54, 1.807) is 50.2 Å². The minimum absolute atomic E-state index is 0.127. The molecule has 0 heterocycles. The van der Waals surface area contributed by atoms with Gasteiger partial charge in [-0.25, -0.2) is 21.6 Å². The molecule has 2 aromatic rings. The number of nitriles is 1. The van der Waals surface area contributed by atoms with Crippen LogP contribution in [-0.2, 0) is 42.7 Å². The second-order valence-electron chi connectivity index (χ2n) is 7.47. The fourth-order valence-electron chi connectivity index (χ4n) is 2.81. The van der Waals surface area contributed by atoms with Gasteiger partial charge < -0.3 is 5.32 Å². The molecule has 1 amide bonds. The number of sulfonamides is 1. The average molecular weight is 464 g/mol. The molecule has 0 aliphatic carbocycles. The lowest BCUT2D eigenvalue weighted by Crippen LogP contribution is -2.31. The van der Waals surface area contributed by atoms with E-state index < -0.39 is 31.5 Å². The summed E-state index contributed by atoms with van der Waals surface area (Å²) < 4.78 is 50.9. The van der Waals surface area contributed by atoms with Gasteiger partial charge in [0.05, 0.1) is 23.1 Å². The van der Waals surface area contributed by atoms with Gasteiger partial charge in [-0.2, -0.15) is 5.26 Å². The maximum atomic E-state index is 12.2. The van der Waals surface area contributed by atoms with Crippen LogP contribution in [0, 0.1) is 11.3 Å². The number of sulfone groups is 1. The highest BCUT2D eigenvalue weighted by atomic mass is 32.2. The van der Waals surface area contributed by atoms with Crippen molar-refractivity contribution in [2.75, 3.05) is 5.75 Å². The zero-order valence-electron chi connectivity index (χ0n) is 17.3. The van der Waals surface area contributed by atoms with Crippen LogP contribution < -0.4 is 10.0 Å². The molecule has 0 radical (unpaired) electrons. The maximum Gasteiger partial charge on any atom is 0.235 e. The number of nitrogens with one attached hydrogen (secondary N) is 2. The Labute approximate surface area is 183 Å². The summed E-state index contributed by atoms with van der Waals surface area (Å²) in [5.41, 5.74) is 2.26. The lowest BCUT2D eigenvalue weighted by atomic mass is 10.1. The number of hydrogen-bond acceptors (Lipinski definition) is 6. The maximum absolute atomic E-state index is 12.2. The van der Waals surface area contributed by atoms with Crippen LogP contribution in [0.15, 0.2) is 48.5 Å². The minimum atomic E-state index is -3.66. The summed E-state index contributed by atoms with van der Waals surface area (Å²) in [6.07, 6.45) is 0. The van der Waals surface area contributed by atoms with Crippen molar-refractivity contribution in [3.05, 3.63) is 70.8 Å². The monoisotopic (exact) mass is 463 g/mol.